The van der Waals surface area contributed by atoms with Crippen molar-refractivity contribution in [1.82, 2.24) is 0 Å². The lowest BCUT2D eigenvalue weighted by Crippen LogP contribution is -3.28. The van der Waals surface area contributed by atoms with Crippen LogP contribution >= 0.6 is 0 Å². The molecule has 2 rings (SSSR count). The Morgan fingerprint density at radius 1 is 1.21 bits per heavy atom. The summed E-state index contributed by atoms with van der Waals surface area (Å²) < 4.78 is 0. The summed E-state index contributed by atoms with van der Waals surface area (Å²) in [6, 6.07) is 7.78. The van der Waals surface area contributed by atoms with Crippen LogP contribution in [0.1, 0.15) is 19.4 Å². The first kappa shape index (κ1) is 14.0. The monoisotopic (exact) mass is 265 g/mol. The minimum atomic E-state index is -0.273. The number of hydrogen-bond acceptors (Lipinski definition) is 2. The van der Waals surface area contributed by atoms with Crippen LogP contribution in [0.3, 0.4) is 0 Å². The van der Waals surface area contributed by atoms with Crippen molar-refractivity contribution < 1.29 is 14.7 Å². The fourth-order valence-corrected chi connectivity index (χ4v) is 2.79. The second-order valence-corrected chi connectivity index (χ2v) is 5.63. The molecule has 0 amide bonds. The highest BCUT2D eigenvalue weighted by Crippen LogP contribution is 2.16. The molecule has 0 atom stereocenters. The largest absolute Gasteiger partial charge is 0.324 e. The molecule has 104 valence electrons. The van der Waals surface area contributed by atoms with Gasteiger partial charge in [-0.2, -0.15) is 0 Å². The molecule has 1 aromatic carbocycles. The average Bonchev–Trinajstić information content (AvgIpc) is 2.39. The SMILES string of the molecule is CC(C)[NH+]1CC[NH+](Cc2ccccc2[N+](=O)[O-])CC1. The highest BCUT2D eigenvalue weighted by Gasteiger charge is 2.26. The van der Waals surface area contributed by atoms with Crippen LogP contribution in [0.2, 0.25) is 0 Å². The lowest BCUT2D eigenvalue weighted by Gasteiger charge is -2.31. The second-order valence-electron chi connectivity index (χ2n) is 5.63. The quantitative estimate of drug-likeness (QED) is 0.558. The van der Waals surface area contributed by atoms with Crippen molar-refractivity contribution in [3.63, 3.8) is 0 Å². The molecule has 0 radical (unpaired) electrons. The van der Waals surface area contributed by atoms with Crippen LogP contribution in [0.25, 0.3) is 0 Å². The Balaban J connectivity index is 1.98. The molecular weight excluding hydrogens is 242 g/mol. The first-order valence-electron chi connectivity index (χ1n) is 6.98. The highest BCUT2D eigenvalue weighted by atomic mass is 16.6. The van der Waals surface area contributed by atoms with Crippen molar-refractivity contribution in [2.45, 2.75) is 26.4 Å². The molecule has 0 saturated carbocycles. The number of para-hydroxylation sites is 1. The molecule has 5 nitrogen and oxygen atoms in total. The molecule has 5 heteroatoms. The van der Waals surface area contributed by atoms with E-state index >= 15 is 0 Å². The molecule has 0 spiro atoms. The van der Waals surface area contributed by atoms with Crippen LogP contribution < -0.4 is 9.80 Å². The Kier molecular flexibility index (Phi) is 4.50. The van der Waals surface area contributed by atoms with E-state index in [0.717, 1.165) is 38.3 Å². The van der Waals surface area contributed by atoms with Gasteiger partial charge in [0.25, 0.3) is 5.69 Å². The second kappa shape index (κ2) is 6.12. The molecule has 1 aliphatic rings. The molecule has 19 heavy (non-hydrogen) atoms. The molecule has 1 fully saturated rings. The molecule has 0 aliphatic carbocycles. The Morgan fingerprint density at radius 3 is 2.42 bits per heavy atom. The fraction of sp³-hybridized carbons (Fsp3) is 0.571. The number of nitro groups is 1. The zero-order valence-electron chi connectivity index (χ0n) is 11.7. The number of nitrogens with one attached hydrogen (secondary N) is 2. The lowest BCUT2D eigenvalue weighted by molar-refractivity contribution is -1.03. The van der Waals surface area contributed by atoms with Crippen molar-refractivity contribution in [1.29, 1.82) is 0 Å². The third-order valence-corrected chi connectivity index (χ3v) is 4.04. The number of piperazine rings is 1. The van der Waals surface area contributed by atoms with Gasteiger partial charge in [0.15, 0.2) is 0 Å². The van der Waals surface area contributed by atoms with E-state index in [4.69, 9.17) is 0 Å². The van der Waals surface area contributed by atoms with Crippen LogP contribution in [0.5, 0.6) is 0 Å². The van der Waals surface area contributed by atoms with Gasteiger partial charge in [-0.05, 0) is 19.9 Å². The van der Waals surface area contributed by atoms with Crippen molar-refractivity contribution in [3.05, 3.63) is 39.9 Å². The summed E-state index contributed by atoms with van der Waals surface area (Å²) in [7, 11) is 0. The van der Waals surface area contributed by atoms with E-state index in [1.165, 1.54) is 4.90 Å². The highest BCUT2D eigenvalue weighted by molar-refractivity contribution is 5.38. The third kappa shape index (κ3) is 3.52. The van der Waals surface area contributed by atoms with E-state index in [0.29, 0.717) is 6.04 Å². The van der Waals surface area contributed by atoms with Gasteiger partial charge in [-0.15, -0.1) is 0 Å². The first-order valence-corrected chi connectivity index (χ1v) is 6.98. The van der Waals surface area contributed by atoms with Gasteiger partial charge >= 0.3 is 0 Å². The van der Waals surface area contributed by atoms with Gasteiger partial charge in [-0.25, -0.2) is 0 Å². The third-order valence-electron chi connectivity index (χ3n) is 4.04. The lowest BCUT2D eigenvalue weighted by atomic mass is 10.1. The van der Waals surface area contributed by atoms with Gasteiger partial charge in [0.05, 0.1) is 16.5 Å². The predicted molar refractivity (Wildman–Crippen MR) is 73.3 cm³/mol. The molecule has 1 saturated heterocycles. The summed E-state index contributed by atoms with van der Waals surface area (Å²) in [5, 5.41) is 11.0. The summed E-state index contributed by atoms with van der Waals surface area (Å²) in [5.41, 5.74) is 1.11. The normalized spacial score (nSPS) is 23.5. The van der Waals surface area contributed by atoms with Crippen molar-refractivity contribution in [2.24, 2.45) is 0 Å². The van der Waals surface area contributed by atoms with Gasteiger partial charge in [-0.1, -0.05) is 12.1 Å². The standard InChI is InChI=1S/C14H21N3O2/c1-12(2)16-9-7-15(8-10-16)11-13-5-3-4-6-14(13)17(18)19/h3-6,12H,7-11H2,1-2H3/p+2. The van der Waals surface area contributed by atoms with E-state index in [-0.39, 0.29) is 10.6 Å². The minimum Gasteiger partial charge on any atom is -0.324 e. The van der Waals surface area contributed by atoms with E-state index in [2.05, 4.69) is 13.8 Å². The maximum absolute atomic E-state index is 11.0. The predicted octanol–water partition coefficient (Wildman–Crippen LogP) is -0.713. The minimum absolute atomic E-state index is 0.258. The van der Waals surface area contributed by atoms with Gasteiger partial charge in [0, 0.05) is 6.07 Å². The van der Waals surface area contributed by atoms with Gasteiger partial charge in [0.2, 0.25) is 0 Å². The molecule has 0 bridgehead atoms. The zero-order chi connectivity index (χ0) is 13.8. The molecule has 0 unspecified atom stereocenters. The molecule has 1 heterocycles. The summed E-state index contributed by atoms with van der Waals surface area (Å²) in [6.07, 6.45) is 0. The number of rotatable bonds is 4. The van der Waals surface area contributed by atoms with E-state index in [1.807, 2.05) is 12.1 Å². The maximum atomic E-state index is 11.0. The van der Waals surface area contributed by atoms with E-state index in [1.54, 1.807) is 17.0 Å². The summed E-state index contributed by atoms with van der Waals surface area (Å²) in [6.45, 7) is 9.79. The number of hydrogen-bond donors (Lipinski definition) is 2. The van der Waals surface area contributed by atoms with Crippen LogP contribution in [0.4, 0.5) is 5.69 Å². The van der Waals surface area contributed by atoms with Gasteiger partial charge in [0.1, 0.15) is 32.7 Å². The molecule has 0 aromatic heterocycles. The van der Waals surface area contributed by atoms with Crippen LogP contribution in [0, 0.1) is 10.1 Å². The fourth-order valence-electron chi connectivity index (χ4n) is 2.79. The maximum Gasteiger partial charge on any atom is 0.278 e. The molecule has 1 aromatic rings. The Bertz CT molecular complexity index is 440. The molecule has 1 aliphatic heterocycles. The van der Waals surface area contributed by atoms with Crippen LogP contribution in [-0.4, -0.2) is 37.1 Å². The topological polar surface area (TPSA) is 52.0 Å². The summed E-state index contributed by atoms with van der Waals surface area (Å²) in [4.78, 5) is 13.8. The Morgan fingerprint density at radius 2 is 1.84 bits per heavy atom. The Hall–Kier alpha value is -1.46. The van der Waals surface area contributed by atoms with Gasteiger partial charge in [-0.3, -0.25) is 10.1 Å². The number of nitrogens with zero attached hydrogens (tertiary/aromatic N) is 1. The summed E-state index contributed by atoms with van der Waals surface area (Å²) in [5.74, 6) is 0. The first-order chi connectivity index (χ1) is 9.08. The zero-order valence-corrected chi connectivity index (χ0v) is 11.7. The van der Waals surface area contributed by atoms with Crippen LogP contribution in [0.15, 0.2) is 24.3 Å². The van der Waals surface area contributed by atoms with E-state index < -0.39 is 0 Å². The Labute approximate surface area is 114 Å². The number of quaternary nitrogens is 2. The average molecular weight is 265 g/mol. The number of benzene rings is 1. The van der Waals surface area contributed by atoms with Crippen molar-refractivity contribution in [3.8, 4) is 0 Å². The summed E-state index contributed by atoms with van der Waals surface area (Å²) >= 11 is 0. The van der Waals surface area contributed by atoms with Crippen molar-refractivity contribution >= 4 is 5.69 Å². The smallest absolute Gasteiger partial charge is 0.278 e. The van der Waals surface area contributed by atoms with Gasteiger partial charge < -0.3 is 9.80 Å². The van der Waals surface area contributed by atoms with Crippen molar-refractivity contribution in [2.75, 3.05) is 26.2 Å². The molecule has 2 N–H and O–H groups in total. The molecular formula is C14H23N3O2+2. The number of nitro benzene ring substituents is 1. The van der Waals surface area contributed by atoms with Crippen LogP contribution in [-0.2, 0) is 6.54 Å². The van der Waals surface area contributed by atoms with E-state index in [9.17, 15) is 10.1 Å².